The molecule has 1 fully saturated rings. The second-order valence-corrected chi connectivity index (χ2v) is 5.39. The fraction of sp³-hybridized carbons (Fsp3) is 0.294. The highest BCUT2D eigenvalue weighted by Gasteiger charge is 2.28. The van der Waals surface area contributed by atoms with Crippen molar-refractivity contribution in [3.8, 4) is 6.07 Å². The molecule has 0 aliphatic carbocycles. The number of rotatable bonds is 3. The van der Waals surface area contributed by atoms with Gasteiger partial charge in [0.15, 0.2) is 5.76 Å². The summed E-state index contributed by atoms with van der Waals surface area (Å²) in [6.07, 6.45) is 1.48. The second-order valence-electron chi connectivity index (χ2n) is 5.39. The molecular weight excluding hydrogens is 297 g/mol. The molecule has 0 spiro atoms. The van der Waals surface area contributed by atoms with Crippen LogP contribution in [0, 0.1) is 17.1 Å². The zero-order valence-electron chi connectivity index (χ0n) is 12.5. The minimum Gasteiger partial charge on any atom is -0.459 e. The van der Waals surface area contributed by atoms with Crippen LogP contribution in [0.2, 0.25) is 0 Å². The van der Waals surface area contributed by atoms with Crippen LogP contribution in [0.4, 0.5) is 4.39 Å². The monoisotopic (exact) mass is 313 g/mol. The maximum atomic E-state index is 13.0. The predicted molar refractivity (Wildman–Crippen MR) is 80.9 cm³/mol. The van der Waals surface area contributed by atoms with Crippen LogP contribution in [0.5, 0.6) is 0 Å². The summed E-state index contributed by atoms with van der Waals surface area (Å²) in [4.78, 5) is 15.9. The number of piperazine rings is 1. The number of carbonyl (C=O) groups excluding carboxylic acids is 1. The highest BCUT2D eigenvalue weighted by atomic mass is 19.1. The van der Waals surface area contributed by atoms with Crippen molar-refractivity contribution >= 4 is 5.91 Å². The number of hydrogen-bond donors (Lipinski definition) is 0. The highest BCUT2D eigenvalue weighted by molar-refractivity contribution is 5.91. The average molecular weight is 313 g/mol. The molecule has 0 N–H and O–H groups in total. The Bertz CT molecular complexity index is 698. The van der Waals surface area contributed by atoms with E-state index in [4.69, 9.17) is 4.42 Å². The predicted octanol–water partition coefficient (Wildman–Crippen LogP) is 2.44. The van der Waals surface area contributed by atoms with Gasteiger partial charge in [0.05, 0.1) is 12.3 Å². The second kappa shape index (κ2) is 6.63. The summed E-state index contributed by atoms with van der Waals surface area (Å²) >= 11 is 0. The van der Waals surface area contributed by atoms with Crippen molar-refractivity contribution in [3.63, 3.8) is 0 Å². The first-order valence-corrected chi connectivity index (χ1v) is 7.41. The van der Waals surface area contributed by atoms with Crippen molar-refractivity contribution in [2.45, 2.75) is 6.04 Å². The van der Waals surface area contributed by atoms with E-state index in [9.17, 15) is 14.4 Å². The van der Waals surface area contributed by atoms with Gasteiger partial charge in [-0.2, -0.15) is 5.26 Å². The third-order valence-corrected chi connectivity index (χ3v) is 4.01. The Hall–Kier alpha value is -2.65. The molecule has 23 heavy (non-hydrogen) atoms. The zero-order chi connectivity index (χ0) is 16.2. The molecule has 2 heterocycles. The molecule has 5 nitrogen and oxygen atoms in total. The molecule has 6 heteroatoms. The fourth-order valence-electron chi connectivity index (χ4n) is 2.75. The van der Waals surface area contributed by atoms with Gasteiger partial charge in [-0.15, -0.1) is 0 Å². The quantitative estimate of drug-likeness (QED) is 0.873. The van der Waals surface area contributed by atoms with Crippen LogP contribution in [0.15, 0.2) is 47.1 Å². The summed E-state index contributed by atoms with van der Waals surface area (Å²) in [5.41, 5.74) is 0.764. The van der Waals surface area contributed by atoms with Crippen LogP contribution in [-0.4, -0.2) is 41.9 Å². The first-order chi connectivity index (χ1) is 11.2. The van der Waals surface area contributed by atoms with Gasteiger partial charge >= 0.3 is 0 Å². The molecule has 2 aromatic rings. The first kappa shape index (κ1) is 15.3. The molecule has 1 aromatic heterocycles. The van der Waals surface area contributed by atoms with E-state index in [0.717, 1.165) is 5.56 Å². The summed E-state index contributed by atoms with van der Waals surface area (Å²) in [7, 11) is 0. The average Bonchev–Trinajstić information content (AvgIpc) is 3.12. The van der Waals surface area contributed by atoms with Crippen LogP contribution in [0.3, 0.4) is 0 Å². The standard InChI is InChI=1S/C17H16FN3O2/c18-14-5-3-13(4-6-14)15(12-19)20-7-9-21(10-8-20)17(22)16-2-1-11-23-16/h1-6,11,15H,7-10H2. The zero-order valence-corrected chi connectivity index (χ0v) is 12.5. The van der Waals surface area contributed by atoms with Gasteiger partial charge in [-0.25, -0.2) is 4.39 Å². The molecule has 1 unspecified atom stereocenters. The fourth-order valence-corrected chi connectivity index (χ4v) is 2.75. The van der Waals surface area contributed by atoms with Gasteiger partial charge in [-0.3, -0.25) is 9.69 Å². The van der Waals surface area contributed by atoms with Crippen LogP contribution in [0.25, 0.3) is 0 Å². The molecular formula is C17H16FN3O2. The Kier molecular flexibility index (Phi) is 4.40. The van der Waals surface area contributed by atoms with Crippen LogP contribution in [-0.2, 0) is 0 Å². The Morgan fingerprint density at radius 3 is 2.43 bits per heavy atom. The van der Waals surface area contributed by atoms with Crippen LogP contribution < -0.4 is 0 Å². The van der Waals surface area contributed by atoms with E-state index in [1.54, 1.807) is 29.2 Å². The molecule has 3 rings (SSSR count). The van der Waals surface area contributed by atoms with E-state index >= 15 is 0 Å². The van der Waals surface area contributed by atoms with Gasteiger partial charge in [-0.05, 0) is 29.8 Å². The van der Waals surface area contributed by atoms with E-state index in [1.165, 1.54) is 18.4 Å². The third kappa shape index (κ3) is 3.25. The van der Waals surface area contributed by atoms with Gasteiger partial charge in [0.25, 0.3) is 5.91 Å². The van der Waals surface area contributed by atoms with Crippen molar-refractivity contribution < 1.29 is 13.6 Å². The number of hydrogen-bond acceptors (Lipinski definition) is 4. The summed E-state index contributed by atoms with van der Waals surface area (Å²) in [6.45, 7) is 2.22. The minimum atomic E-state index is -0.434. The van der Waals surface area contributed by atoms with E-state index in [1.807, 2.05) is 4.90 Å². The molecule has 1 saturated heterocycles. The molecule has 0 bridgehead atoms. The topological polar surface area (TPSA) is 60.5 Å². The highest BCUT2D eigenvalue weighted by Crippen LogP contribution is 2.22. The van der Waals surface area contributed by atoms with Crippen molar-refractivity contribution in [2.24, 2.45) is 0 Å². The van der Waals surface area contributed by atoms with Crippen LogP contribution >= 0.6 is 0 Å². The number of benzene rings is 1. The van der Waals surface area contributed by atoms with Crippen LogP contribution in [0.1, 0.15) is 22.2 Å². The Labute approximate surface area is 133 Å². The van der Waals surface area contributed by atoms with E-state index < -0.39 is 6.04 Å². The van der Waals surface area contributed by atoms with Crippen molar-refractivity contribution in [1.82, 2.24) is 9.80 Å². The van der Waals surface area contributed by atoms with Crippen molar-refractivity contribution in [3.05, 3.63) is 59.8 Å². The third-order valence-electron chi connectivity index (χ3n) is 4.01. The largest absolute Gasteiger partial charge is 0.459 e. The smallest absolute Gasteiger partial charge is 0.289 e. The normalized spacial score (nSPS) is 16.8. The molecule has 1 aliphatic heterocycles. The lowest BCUT2D eigenvalue weighted by Gasteiger charge is -2.36. The van der Waals surface area contributed by atoms with Gasteiger partial charge in [0.2, 0.25) is 0 Å². The number of carbonyl (C=O) groups is 1. The number of halogens is 1. The molecule has 118 valence electrons. The first-order valence-electron chi connectivity index (χ1n) is 7.41. The number of amides is 1. The molecule has 1 amide bonds. The lowest BCUT2D eigenvalue weighted by Crippen LogP contribution is -2.49. The molecule has 1 aliphatic rings. The minimum absolute atomic E-state index is 0.134. The van der Waals surface area contributed by atoms with Gasteiger partial charge < -0.3 is 9.32 Å². The Balaban J connectivity index is 1.64. The lowest BCUT2D eigenvalue weighted by atomic mass is 10.1. The SMILES string of the molecule is N#CC(c1ccc(F)cc1)N1CCN(C(=O)c2ccco2)CC1. The maximum absolute atomic E-state index is 13.0. The maximum Gasteiger partial charge on any atom is 0.289 e. The van der Waals surface area contributed by atoms with Gasteiger partial charge in [0.1, 0.15) is 11.9 Å². The number of nitriles is 1. The molecule has 1 aromatic carbocycles. The van der Waals surface area contributed by atoms with Gasteiger partial charge in [0, 0.05) is 26.2 Å². The summed E-state index contributed by atoms with van der Waals surface area (Å²) in [5.74, 6) is -0.127. The van der Waals surface area contributed by atoms with Crippen molar-refractivity contribution in [2.75, 3.05) is 26.2 Å². The summed E-state index contributed by atoms with van der Waals surface area (Å²) in [5, 5.41) is 9.45. The molecule has 1 atom stereocenters. The van der Waals surface area contributed by atoms with E-state index in [-0.39, 0.29) is 11.7 Å². The summed E-state index contributed by atoms with van der Waals surface area (Å²) < 4.78 is 18.2. The molecule has 0 saturated carbocycles. The number of furan rings is 1. The van der Waals surface area contributed by atoms with Gasteiger partial charge in [-0.1, -0.05) is 12.1 Å². The summed E-state index contributed by atoms with van der Waals surface area (Å²) in [6, 6.07) is 11.1. The Morgan fingerprint density at radius 2 is 1.87 bits per heavy atom. The Morgan fingerprint density at radius 1 is 1.17 bits per heavy atom. The van der Waals surface area contributed by atoms with E-state index in [0.29, 0.717) is 31.9 Å². The van der Waals surface area contributed by atoms with E-state index in [2.05, 4.69) is 6.07 Å². The lowest BCUT2D eigenvalue weighted by molar-refractivity contribution is 0.0576. The van der Waals surface area contributed by atoms with Crippen molar-refractivity contribution in [1.29, 1.82) is 5.26 Å². The number of nitrogens with zero attached hydrogens (tertiary/aromatic N) is 3. The molecule has 0 radical (unpaired) electrons.